The number of hydrogen-bond acceptors (Lipinski definition) is 4. The van der Waals surface area contributed by atoms with Crippen LogP contribution < -0.4 is 4.74 Å². The van der Waals surface area contributed by atoms with Crippen LogP contribution in [-0.4, -0.2) is 26.3 Å². The van der Waals surface area contributed by atoms with Gasteiger partial charge in [-0.25, -0.2) is 9.97 Å². The summed E-state index contributed by atoms with van der Waals surface area (Å²) in [7, 11) is 0. The molecule has 0 bridgehead atoms. The molecule has 1 N–H and O–H groups in total. The third-order valence-electron chi connectivity index (χ3n) is 5.46. The molecule has 0 spiro atoms. The molecule has 29 heavy (non-hydrogen) atoms. The molecule has 1 fully saturated rings. The van der Waals surface area contributed by atoms with E-state index in [0.29, 0.717) is 17.0 Å². The van der Waals surface area contributed by atoms with Crippen molar-refractivity contribution < 1.29 is 17.9 Å². The number of alkyl halides is 3. The molecule has 0 amide bonds. The summed E-state index contributed by atoms with van der Waals surface area (Å²) in [5.41, 5.74) is -0.505. The fraction of sp³-hybridized carbons (Fsp3) is 0.476. The molecule has 3 aromatic heterocycles. The highest BCUT2D eigenvalue weighted by Gasteiger charge is 2.36. The van der Waals surface area contributed by atoms with Gasteiger partial charge < -0.3 is 4.74 Å². The van der Waals surface area contributed by atoms with Gasteiger partial charge in [0.1, 0.15) is 11.8 Å². The number of aromatic amines is 1. The van der Waals surface area contributed by atoms with Crippen LogP contribution >= 0.6 is 0 Å². The van der Waals surface area contributed by atoms with Crippen molar-refractivity contribution in [1.29, 1.82) is 0 Å². The lowest BCUT2D eigenvalue weighted by atomic mass is 9.84. The number of rotatable bonds is 5. The van der Waals surface area contributed by atoms with Crippen LogP contribution in [0.15, 0.2) is 30.5 Å². The van der Waals surface area contributed by atoms with E-state index in [1.165, 1.54) is 12.5 Å². The molecule has 0 aromatic carbocycles. The fourth-order valence-corrected chi connectivity index (χ4v) is 4.15. The number of ether oxygens (including phenoxy) is 1. The zero-order chi connectivity index (χ0) is 20.4. The zero-order valence-electron chi connectivity index (χ0n) is 16.2. The minimum atomic E-state index is -4.54. The van der Waals surface area contributed by atoms with Crippen LogP contribution in [0.25, 0.3) is 22.4 Å². The van der Waals surface area contributed by atoms with Crippen molar-refractivity contribution in [3.8, 4) is 17.3 Å². The predicted molar refractivity (Wildman–Crippen MR) is 103 cm³/mol. The maximum atomic E-state index is 13.6. The van der Waals surface area contributed by atoms with Crippen molar-refractivity contribution in [2.75, 3.05) is 0 Å². The summed E-state index contributed by atoms with van der Waals surface area (Å²) in [6.45, 7) is 2.16. The van der Waals surface area contributed by atoms with E-state index in [0.717, 1.165) is 38.2 Å². The Morgan fingerprint density at radius 1 is 1.21 bits per heavy atom. The number of nitrogens with one attached hydrogen (secondary N) is 1. The summed E-state index contributed by atoms with van der Waals surface area (Å²) in [5.74, 6) is 0.817. The molecule has 1 aliphatic carbocycles. The second-order valence-electron chi connectivity index (χ2n) is 7.58. The van der Waals surface area contributed by atoms with Crippen molar-refractivity contribution in [3.63, 3.8) is 0 Å². The minimum Gasteiger partial charge on any atom is -0.474 e. The normalized spacial score (nSPS) is 20.1. The number of fused-ring (bicyclic) bond motifs is 1. The molecule has 2 atom stereocenters. The van der Waals surface area contributed by atoms with Crippen LogP contribution in [0.5, 0.6) is 5.88 Å². The average molecular weight is 404 g/mol. The SMILES string of the molecule is CCCC1CCCC(Oc2ccc(C(F)(F)F)c(-c3[nH]nc4ncccc34)n2)C1. The molecular formula is C21H23F3N4O. The van der Waals surface area contributed by atoms with Crippen molar-refractivity contribution in [2.45, 2.75) is 57.7 Å². The average Bonchev–Trinajstić information content (AvgIpc) is 3.12. The summed E-state index contributed by atoms with van der Waals surface area (Å²) in [5, 5.41) is 7.17. The Bertz CT molecular complexity index is 983. The highest BCUT2D eigenvalue weighted by atomic mass is 19.4. The minimum absolute atomic E-state index is 0.0161. The number of H-pyrrole nitrogens is 1. The fourth-order valence-electron chi connectivity index (χ4n) is 4.15. The first-order chi connectivity index (χ1) is 14.0. The first kappa shape index (κ1) is 19.7. The number of aromatic nitrogens is 4. The lowest BCUT2D eigenvalue weighted by Gasteiger charge is -2.29. The highest BCUT2D eigenvalue weighted by Crippen LogP contribution is 2.39. The number of pyridine rings is 2. The smallest absolute Gasteiger partial charge is 0.418 e. The van der Waals surface area contributed by atoms with E-state index in [-0.39, 0.29) is 23.4 Å². The number of halogens is 3. The second kappa shape index (κ2) is 8.00. The summed E-state index contributed by atoms with van der Waals surface area (Å²) >= 11 is 0. The topological polar surface area (TPSA) is 63.7 Å². The van der Waals surface area contributed by atoms with Crippen LogP contribution in [0.1, 0.15) is 51.0 Å². The van der Waals surface area contributed by atoms with Crippen LogP contribution in [0.4, 0.5) is 13.2 Å². The number of hydrogen-bond donors (Lipinski definition) is 1. The van der Waals surface area contributed by atoms with Crippen molar-refractivity contribution in [1.82, 2.24) is 20.2 Å². The Morgan fingerprint density at radius 2 is 2.07 bits per heavy atom. The maximum absolute atomic E-state index is 13.6. The Kier molecular flexibility index (Phi) is 5.43. The molecule has 0 saturated heterocycles. The molecule has 3 aromatic rings. The van der Waals surface area contributed by atoms with E-state index in [4.69, 9.17) is 4.74 Å². The van der Waals surface area contributed by atoms with Gasteiger partial charge in [-0.2, -0.15) is 18.3 Å². The van der Waals surface area contributed by atoms with Gasteiger partial charge in [-0.1, -0.05) is 26.2 Å². The van der Waals surface area contributed by atoms with Gasteiger partial charge in [-0.05, 0) is 43.4 Å². The molecular weight excluding hydrogens is 381 g/mol. The van der Waals surface area contributed by atoms with Crippen molar-refractivity contribution in [3.05, 3.63) is 36.0 Å². The second-order valence-corrected chi connectivity index (χ2v) is 7.58. The standard InChI is InChI=1S/C21H23F3N4O/c1-2-5-13-6-3-7-14(12-13)29-17-10-9-16(21(22,23)24)19(26-17)18-15-8-4-11-25-20(15)28-27-18/h4,8-11,13-14H,2-3,5-7,12H2,1H3,(H,25,27,28). The molecule has 0 radical (unpaired) electrons. The maximum Gasteiger partial charge on any atom is 0.418 e. The Morgan fingerprint density at radius 3 is 2.86 bits per heavy atom. The summed E-state index contributed by atoms with van der Waals surface area (Å²) in [6, 6.07) is 5.68. The number of nitrogens with zero attached hydrogens (tertiary/aromatic N) is 3. The molecule has 0 aliphatic heterocycles. The monoisotopic (exact) mass is 404 g/mol. The van der Waals surface area contributed by atoms with E-state index < -0.39 is 11.7 Å². The molecule has 4 rings (SSSR count). The van der Waals surface area contributed by atoms with Gasteiger partial charge in [0.15, 0.2) is 5.65 Å². The molecule has 3 heterocycles. The van der Waals surface area contributed by atoms with Gasteiger partial charge in [0.2, 0.25) is 5.88 Å². The lowest BCUT2D eigenvalue weighted by molar-refractivity contribution is -0.137. The van der Waals surface area contributed by atoms with Gasteiger partial charge in [0.25, 0.3) is 0 Å². The molecule has 8 heteroatoms. The van der Waals surface area contributed by atoms with Gasteiger partial charge in [-0.3, -0.25) is 5.10 Å². The van der Waals surface area contributed by atoms with Crippen molar-refractivity contribution in [2.24, 2.45) is 5.92 Å². The van der Waals surface area contributed by atoms with Gasteiger partial charge in [-0.15, -0.1) is 0 Å². The summed E-state index contributed by atoms with van der Waals surface area (Å²) < 4.78 is 46.9. The van der Waals surface area contributed by atoms with E-state index in [9.17, 15) is 13.2 Å². The van der Waals surface area contributed by atoms with Gasteiger partial charge >= 0.3 is 6.18 Å². The largest absolute Gasteiger partial charge is 0.474 e. The van der Waals surface area contributed by atoms with E-state index in [2.05, 4.69) is 27.1 Å². The van der Waals surface area contributed by atoms with Crippen LogP contribution in [0, 0.1) is 5.92 Å². The molecule has 5 nitrogen and oxygen atoms in total. The molecule has 1 aliphatic rings. The van der Waals surface area contributed by atoms with Crippen LogP contribution in [-0.2, 0) is 6.18 Å². The van der Waals surface area contributed by atoms with Gasteiger partial charge in [0, 0.05) is 17.6 Å². The van der Waals surface area contributed by atoms with Crippen LogP contribution in [0.2, 0.25) is 0 Å². The Hall–Kier alpha value is -2.64. The third-order valence-corrected chi connectivity index (χ3v) is 5.46. The first-order valence-corrected chi connectivity index (χ1v) is 10.00. The zero-order valence-corrected chi connectivity index (χ0v) is 16.2. The lowest BCUT2D eigenvalue weighted by Crippen LogP contribution is -2.26. The highest BCUT2D eigenvalue weighted by molar-refractivity contribution is 5.90. The molecule has 154 valence electrons. The van der Waals surface area contributed by atoms with E-state index in [1.807, 2.05) is 0 Å². The Balaban J connectivity index is 1.68. The van der Waals surface area contributed by atoms with Crippen LogP contribution in [0.3, 0.4) is 0 Å². The van der Waals surface area contributed by atoms with E-state index >= 15 is 0 Å². The summed E-state index contributed by atoms with van der Waals surface area (Å²) in [6.07, 6.45) is 3.33. The quantitative estimate of drug-likeness (QED) is 0.586. The first-order valence-electron chi connectivity index (χ1n) is 10.00. The predicted octanol–water partition coefficient (Wildman–Crippen LogP) is 5.78. The van der Waals surface area contributed by atoms with Gasteiger partial charge in [0.05, 0.1) is 11.3 Å². The van der Waals surface area contributed by atoms with E-state index in [1.54, 1.807) is 18.3 Å². The summed E-state index contributed by atoms with van der Waals surface area (Å²) in [4.78, 5) is 8.33. The molecule has 2 unspecified atom stereocenters. The van der Waals surface area contributed by atoms with Crippen molar-refractivity contribution >= 4 is 11.0 Å². The molecule has 1 saturated carbocycles. The Labute approximate surface area is 166 Å². The third kappa shape index (κ3) is 4.21.